The van der Waals surface area contributed by atoms with E-state index in [-0.39, 0.29) is 6.10 Å². The highest BCUT2D eigenvalue weighted by Gasteiger charge is 2.10. The Morgan fingerprint density at radius 3 is 2.50 bits per heavy atom. The van der Waals surface area contributed by atoms with Gasteiger partial charge in [0.25, 0.3) is 0 Å². The van der Waals surface area contributed by atoms with Crippen molar-refractivity contribution in [1.29, 1.82) is 0 Å². The van der Waals surface area contributed by atoms with Crippen molar-refractivity contribution < 1.29 is 9.84 Å². The quantitative estimate of drug-likeness (QED) is 0.790. The maximum absolute atomic E-state index is 9.91. The molecule has 1 atom stereocenters. The zero-order valence-electron chi connectivity index (χ0n) is 13.3. The van der Waals surface area contributed by atoms with Crippen LogP contribution in [0.25, 0.3) is 0 Å². The van der Waals surface area contributed by atoms with Crippen molar-refractivity contribution in [2.45, 2.75) is 32.6 Å². The van der Waals surface area contributed by atoms with Crippen LogP contribution in [-0.2, 0) is 11.3 Å². The molecule has 20 heavy (non-hydrogen) atoms. The molecule has 1 rings (SSSR count). The maximum Gasteiger partial charge on any atom is 0.0900 e. The molecule has 4 nitrogen and oxygen atoms in total. The fraction of sp³-hybridized carbons (Fsp3) is 0.625. The zero-order valence-corrected chi connectivity index (χ0v) is 13.3. The Balaban J connectivity index is 2.45. The number of ether oxygens (including phenoxy) is 1. The lowest BCUT2D eigenvalue weighted by molar-refractivity contribution is -0.00634. The zero-order chi connectivity index (χ0) is 15.1. The molecular formula is C16H28N2O2. The monoisotopic (exact) mass is 280 g/mol. The minimum atomic E-state index is -0.445. The first-order chi connectivity index (χ1) is 9.38. The van der Waals surface area contributed by atoms with E-state index in [9.17, 15) is 5.11 Å². The molecule has 1 aromatic carbocycles. The van der Waals surface area contributed by atoms with E-state index < -0.39 is 6.10 Å². The van der Waals surface area contributed by atoms with Crippen LogP contribution in [0.2, 0.25) is 0 Å². The largest absolute Gasteiger partial charge is 0.389 e. The van der Waals surface area contributed by atoms with E-state index in [0.717, 1.165) is 6.54 Å². The normalized spacial score (nSPS) is 13.0. The number of hydrogen-bond acceptors (Lipinski definition) is 4. The highest BCUT2D eigenvalue weighted by molar-refractivity contribution is 5.47. The number of aliphatic hydroxyl groups excluding tert-OH is 1. The molecule has 0 spiro atoms. The molecule has 0 radical (unpaired) electrons. The minimum Gasteiger partial charge on any atom is -0.389 e. The summed E-state index contributed by atoms with van der Waals surface area (Å²) in [6.45, 7) is 5.77. The summed E-state index contributed by atoms with van der Waals surface area (Å²) in [6, 6.07) is 8.44. The van der Waals surface area contributed by atoms with Gasteiger partial charge in [-0.15, -0.1) is 0 Å². The summed E-state index contributed by atoms with van der Waals surface area (Å²) >= 11 is 0. The minimum absolute atomic E-state index is 0.159. The molecule has 0 heterocycles. The first-order valence-electron chi connectivity index (χ1n) is 7.13. The Kier molecular flexibility index (Phi) is 6.99. The summed E-state index contributed by atoms with van der Waals surface area (Å²) in [5.41, 5.74) is 2.44. The highest BCUT2D eigenvalue weighted by Crippen LogP contribution is 2.14. The third kappa shape index (κ3) is 6.37. The first kappa shape index (κ1) is 17.0. The van der Waals surface area contributed by atoms with Gasteiger partial charge in [-0.3, -0.25) is 4.90 Å². The molecule has 0 saturated carbocycles. The number of aliphatic hydroxyl groups is 1. The van der Waals surface area contributed by atoms with Gasteiger partial charge in [0.15, 0.2) is 0 Å². The summed E-state index contributed by atoms with van der Waals surface area (Å²) in [4.78, 5) is 4.21. The van der Waals surface area contributed by atoms with Crippen LogP contribution in [0, 0.1) is 0 Å². The van der Waals surface area contributed by atoms with Crippen LogP contribution in [0.4, 0.5) is 5.69 Å². The number of rotatable bonds is 8. The standard InChI is InChI=1S/C16H28N2O2/c1-13(2)20-12-16(19)11-18(5)10-14-7-6-8-15(9-14)17(3)4/h6-9,13,16,19H,10-12H2,1-5H3. The van der Waals surface area contributed by atoms with E-state index in [2.05, 4.69) is 34.1 Å². The van der Waals surface area contributed by atoms with Crippen molar-refractivity contribution in [3.63, 3.8) is 0 Å². The van der Waals surface area contributed by atoms with E-state index >= 15 is 0 Å². The fourth-order valence-corrected chi connectivity index (χ4v) is 2.03. The van der Waals surface area contributed by atoms with E-state index in [1.54, 1.807) is 0 Å². The van der Waals surface area contributed by atoms with Gasteiger partial charge in [-0.1, -0.05) is 12.1 Å². The molecule has 0 aromatic heterocycles. The molecule has 1 unspecified atom stereocenters. The first-order valence-corrected chi connectivity index (χ1v) is 7.13. The van der Waals surface area contributed by atoms with Crippen LogP contribution < -0.4 is 4.90 Å². The van der Waals surface area contributed by atoms with Crippen molar-refractivity contribution in [2.24, 2.45) is 0 Å². The predicted molar refractivity (Wildman–Crippen MR) is 84.2 cm³/mol. The smallest absolute Gasteiger partial charge is 0.0900 e. The van der Waals surface area contributed by atoms with Crippen molar-refractivity contribution in [3.05, 3.63) is 29.8 Å². The van der Waals surface area contributed by atoms with E-state index in [1.165, 1.54) is 11.3 Å². The molecule has 0 aliphatic carbocycles. The molecule has 1 aromatic rings. The number of likely N-dealkylation sites (N-methyl/N-ethyl adjacent to an activating group) is 1. The Labute approximate surface area is 123 Å². The number of hydrogen-bond donors (Lipinski definition) is 1. The third-order valence-corrected chi connectivity index (χ3v) is 3.02. The number of anilines is 1. The predicted octanol–water partition coefficient (Wildman–Crippen LogP) is 1.97. The molecule has 0 aliphatic rings. The van der Waals surface area contributed by atoms with E-state index in [4.69, 9.17) is 4.74 Å². The van der Waals surface area contributed by atoms with Crippen LogP contribution >= 0.6 is 0 Å². The van der Waals surface area contributed by atoms with Crippen LogP contribution in [-0.4, -0.2) is 56.5 Å². The highest BCUT2D eigenvalue weighted by atomic mass is 16.5. The Morgan fingerprint density at radius 2 is 1.90 bits per heavy atom. The SMILES string of the molecule is CC(C)OCC(O)CN(C)Cc1cccc(N(C)C)c1. The van der Waals surface area contributed by atoms with Crippen molar-refractivity contribution in [3.8, 4) is 0 Å². The molecule has 0 saturated heterocycles. The van der Waals surface area contributed by atoms with Gasteiger partial charge in [0.2, 0.25) is 0 Å². The average molecular weight is 280 g/mol. The Morgan fingerprint density at radius 1 is 1.20 bits per heavy atom. The van der Waals surface area contributed by atoms with Gasteiger partial charge < -0.3 is 14.7 Å². The second-order valence-electron chi connectivity index (χ2n) is 5.80. The summed E-state index contributed by atoms with van der Waals surface area (Å²) in [5.74, 6) is 0. The second-order valence-corrected chi connectivity index (χ2v) is 5.80. The van der Waals surface area contributed by atoms with Crippen LogP contribution in [0.5, 0.6) is 0 Å². The summed E-state index contributed by atoms with van der Waals surface area (Å²) in [5, 5.41) is 9.91. The second kappa shape index (κ2) is 8.25. The van der Waals surface area contributed by atoms with Crippen molar-refractivity contribution in [1.82, 2.24) is 4.90 Å². The van der Waals surface area contributed by atoms with Crippen LogP contribution in [0.3, 0.4) is 0 Å². The van der Waals surface area contributed by atoms with Crippen LogP contribution in [0.15, 0.2) is 24.3 Å². The lowest BCUT2D eigenvalue weighted by atomic mass is 10.2. The van der Waals surface area contributed by atoms with Gasteiger partial charge in [-0.05, 0) is 38.6 Å². The maximum atomic E-state index is 9.91. The van der Waals surface area contributed by atoms with Crippen molar-refractivity contribution >= 4 is 5.69 Å². The van der Waals surface area contributed by atoms with Crippen molar-refractivity contribution in [2.75, 3.05) is 39.2 Å². The van der Waals surface area contributed by atoms with Gasteiger partial charge in [0.1, 0.15) is 0 Å². The molecule has 0 bridgehead atoms. The third-order valence-electron chi connectivity index (χ3n) is 3.02. The number of benzene rings is 1. The molecule has 0 fully saturated rings. The van der Waals surface area contributed by atoms with Crippen LogP contribution in [0.1, 0.15) is 19.4 Å². The van der Waals surface area contributed by atoms with Gasteiger partial charge in [-0.2, -0.15) is 0 Å². The topological polar surface area (TPSA) is 35.9 Å². The van der Waals surface area contributed by atoms with E-state index in [0.29, 0.717) is 13.2 Å². The molecule has 4 heteroatoms. The molecule has 1 N–H and O–H groups in total. The average Bonchev–Trinajstić information content (AvgIpc) is 2.36. The van der Waals surface area contributed by atoms with Gasteiger partial charge in [0, 0.05) is 32.9 Å². The van der Waals surface area contributed by atoms with Gasteiger partial charge >= 0.3 is 0 Å². The number of nitrogens with zero attached hydrogens (tertiary/aromatic N) is 2. The van der Waals surface area contributed by atoms with Gasteiger partial charge in [0.05, 0.1) is 18.8 Å². The lowest BCUT2D eigenvalue weighted by Gasteiger charge is -2.22. The Hall–Kier alpha value is -1.10. The fourth-order valence-electron chi connectivity index (χ4n) is 2.03. The molecule has 0 amide bonds. The van der Waals surface area contributed by atoms with Gasteiger partial charge in [-0.25, -0.2) is 0 Å². The lowest BCUT2D eigenvalue weighted by Crippen LogP contribution is -2.32. The summed E-state index contributed by atoms with van der Waals surface area (Å²) in [6.07, 6.45) is -0.286. The Bertz CT molecular complexity index is 394. The summed E-state index contributed by atoms with van der Waals surface area (Å²) in [7, 11) is 6.09. The molecular weight excluding hydrogens is 252 g/mol. The molecule has 114 valence electrons. The summed E-state index contributed by atoms with van der Waals surface area (Å²) < 4.78 is 5.42. The van der Waals surface area contributed by atoms with E-state index in [1.807, 2.05) is 35.0 Å². The molecule has 0 aliphatic heterocycles.